The first kappa shape index (κ1) is 17.5. The predicted octanol–water partition coefficient (Wildman–Crippen LogP) is 1.16. The highest BCUT2D eigenvalue weighted by Crippen LogP contribution is 2.39. The van der Waals surface area contributed by atoms with Gasteiger partial charge < -0.3 is 19.9 Å². The van der Waals surface area contributed by atoms with Crippen LogP contribution in [0.25, 0.3) is 0 Å². The molecule has 128 valence electrons. The van der Waals surface area contributed by atoms with E-state index in [-0.39, 0.29) is 18.0 Å². The number of nitrogens with zero attached hydrogens (tertiary/aromatic N) is 2. The van der Waals surface area contributed by atoms with Crippen molar-refractivity contribution < 1.29 is 19.1 Å². The third-order valence-electron chi connectivity index (χ3n) is 3.77. The van der Waals surface area contributed by atoms with Crippen molar-refractivity contribution in [3.8, 4) is 11.5 Å². The van der Waals surface area contributed by atoms with Gasteiger partial charge in [0.05, 0.1) is 31.9 Å². The summed E-state index contributed by atoms with van der Waals surface area (Å²) in [5.41, 5.74) is 5.85. The Kier molecular flexibility index (Phi) is 6.57. The first-order valence-corrected chi connectivity index (χ1v) is 7.64. The number of morpholine rings is 1. The summed E-state index contributed by atoms with van der Waals surface area (Å²) in [5, 5.41) is 11.2. The van der Waals surface area contributed by atoms with E-state index in [2.05, 4.69) is 4.90 Å². The fourth-order valence-corrected chi connectivity index (χ4v) is 2.56. The summed E-state index contributed by atoms with van der Waals surface area (Å²) < 4.78 is 16.2. The Morgan fingerprint density at radius 3 is 2.74 bits per heavy atom. The van der Waals surface area contributed by atoms with Gasteiger partial charge in [0, 0.05) is 31.7 Å². The van der Waals surface area contributed by atoms with Gasteiger partial charge in [-0.05, 0) is 18.6 Å². The molecule has 0 saturated carbocycles. The maximum absolute atomic E-state index is 11.2. The summed E-state index contributed by atoms with van der Waals surface area (Å²) in [4.78, 5) is 13.1. The van der Waals surface area contributed by atoms with Crippen molar-refractivity contribution in [3.63, 3.8) is 0 Å². The summed E-state index contributed by atoms with van der Waals surface area (Å²) in [6.45, 7) is 4.84. The molecule has 0 amide bonds. The molecule has 1 saturated heterocycles. The molecule has 1 aliphatic rings. The smallest absolute Gasteiger partial charge is 0.319 e. The molecular weight excluding hydrogens is 302 g/mol. The second kappa shape index (κ2) is 8.66. The molecule has 2 rings (SSSR count). The van der Waals surface area contributed by atoms with Gasteiger partial charge in [-0.3, -0.25) is 15.0 Å². The van der Waals surface area contributed by atoms with Gasteiger partial charge in [0.1, 0.15) is 0 Å². The molecule has 0 bridgehead atoms. The Hall–Kier alpha value is -1.90. The molecule has 2 N–H and O–H groups in total. The molecule has 1 fully saturated rings. The van der Waals surface area contributed by atoms with Crippen LogP contribution in [-0.2, 0) is 11.3 Å². The summed E-state index contributed by atoms with van der Waals surface area (Å²) in [7, 11) is 1.39. The summed E-state index contributed by atoms with van der Waals surface area (Å²) in [6, 6.07) is 3.28. The lowest BCUT2D eigenvalue weighted by molar-refractivity contribution is -0.386. The maximum Gasteiger partial charge on any atom is 0.319 e. The Morgan fingerprint density at radius 1 is 1.39 bits per heavy atom. The van der Waals surface area contributed by atoms with Crippen molar-refractivity contribution in [1.29, 1.82) is 0 Å². The molecule has 8 heteroatoms. The van der Waals surface area contributed by atoms with Gasteiger partial charge in [0.2, 0.25) is 5.75 Å². The van der Waals surface area contributed by atoms with Crippen molar-refractivity contribution in [1.82, 2.24) is 4.90 Å². The van der Waals surface area contributed by atoms with E-state index < -0.39 is 4.92 Å². The average molecular weight is 325 g/mol. The van der Waals surface area contributed by atoms with Gasteiger partial charge in [-0.2, -0.15) is 0 Å². The zero-order valence-electron chi connectivity index (χ0n) is 13.3. The number of hydrogen-bond donors (Lipinski definition) is 1. The molecule has 0 unspecified atom stereocenters. The molecule has 1 heterocycles. The minimum absolute atomic E-state index is 0.0734. The Labute approximate surface area is 135 Å². The number of nitrogens with two attached hydrogens (primary N) is 1. The fourth-order valence-electron chi connectivity index (χ4n) is 2.56. The van der Waals surface area contributed by atoms with Crippen molar-refractivity contribution in [2.75, 3.05) is 46.6 Å². The second-order valence-corrected chi connectivity index (χ2v) is 5.22. The Balaban J connectivity index is 1.96. The molecule has 0 aromatic heterocycles. The van der Waals surface area contributed by atoms with Crippen LogP contribution in [0.5, 0.6) is 11.5 Å². The van der Waals surface area contributed by atoms with Crippen LogP contribution in [0, 0.1) is 10.1 Å². The van der Waals surface area contributed by atoms with Gasteiger partial charge in [0.15, 0.2) is 5.75 Å². The Morgan fingerprint density at radius 2 is 2.13 bits per heavy atom. The predicted molar refractivity (Wildman–Crippen MR) is 84.9 cm³/mol. The van der Waals surface area contributed by atoms with Gasteiger partial charge in [-0.15, -0.1) is 0 Å². The van der Waals surface area contributed by atoms with Crippen LogP contribution in [-0.4, -0.2) is 56.4 Å². The highest BCUT2D eigenvalue weighted by molar-refractivity contribution is 5.60. The zero-order valence-corrected chi connectivity index (χ0v) is 13.3. The number of nitro benzene ring substituents is 1. The lowest BCUT2D eigenvalue weighted by Gasteiger charge is -2.26. The van der Waals surface area contributed by atoms with E-state index in [0.29, 0.717) is 17.9 Å². The zero-order chi connectivity index (χ0) is 16.7. The molecule has 0 atom stereocenters. The van der Waals surface area contributed by atoms with Crippen LogP contribution in [0.2, 0.25) is 0 Å². The topological polar surface area (TPSA) is 100 Å². The van der Waals surface area contributed by atoms with Crippen molar-refractivity contribution in [2.24, 2.45) is 5.73 Å². The Bertz CT molecular complexity index is 532. The van der Waals surface area contributed by atoms with E-state index in [4.69, 9.17) is 19.9 Å². The maximum atomic E-state index is 11.2. The van der Waals surface area contributed by atoms with E-state index in [9.17, 15) is 10.1 Å². The average Bonchev–Trinajstić information content (AvgIpc) is 2.58. The molecule has 0 spiro atoms. The summed E-state index contributed by atoms with van der Waals surface area (Å²) >= 11 is 0. The lowest BCUT2D eigenvalue weighted by atomic mass is 10.1. The van der Waals surface area contributed by atoms with Crippen LogP contribution in [0.1, 0.15) is 12.0 Å². The van der Waals surface area contributed by atoms with E-state index in [1.54, 1.807) is 12.1 Å². The van der Waals surface area contributed by atoms with Gasteiger partial charge in [-0.1, -0.05) is 0 Å². The normalized spacial score (nSPS) is 15.4. The highest BCUT2D eigenvalue weighted by Gasteiger charge is 2.24. The van der Waals surface area contributed by atoms with E-state index in [1.807, 2.05) is 0 Å². The number of nitro groups is 1. The number of hydrogen-bond acceptors (Lipinski definition) is 7. The first-order chi connectivity index (χ1) is 11.2. The first-order valence-electron chi connectivity index (χ1n) is 7.64. The number of benzene rings is 1. The van der Waals surface area contributed by atoms with Crippen molar-refractivity contribution >= 4 is 5.69 Å². The number of rotatable bonds is 8. The number of ether oxygens (including phenoxy) is 3. The van der Waals surface area contributed by atoms with Crippen LogP contribution in [0.4, 0.5) is 5.69 Å². The van der Waals surface area contributed by atoms with Crippen LogP contribution in [0.3, 0.4) is 0 Å². The molecule has 0 aliphatic carbocycles. The second-order valence-electron chi connectivity index (χ2n) is 5.22. The molecule has 23 heavy (non-hydrogen) atoms. The third-order valence-corrected chi connectivity index (χ3v) is 3.77. The van der Waals surface area contributed by atoms with Gasteiger partial charge >= 0.3 is 5.69 Å². The quantitative estimate of drug-likeness (QED) is 0.435. The minimum atomic E-state index is -0.485. The summed E-state index contributed by atoms with van der Waals surface area (Å²) in [5.74, 6) is 0.503. The van der Waals surface area contributed by atoms with E-state index in [0.717, 1.165) is 39.3 Å². The van der Waals surface area contributed by atoms with Crippen LogP contribution >= 0.6 is 0 Å². The SMILES string of the molecule is COc1c(OCCCN2CCOCC2)ccc(CN)c1[N+](=O)[O-]. The van der Waals surface area contributed by atoms with Crippen molar-refractivity contribution in [2.45, 2.75) is 13.0 Å². The molecule has 0 radical (unpaired) electrons. The molecular formula is C15H23N3O5. The van der Waals surface area contributed by atoms with Crippen LogP contribution in [0.15, 0.2) is 12.1 Å². The fraction of sp³-hybridized carbons (Fsp3) is 0.600. The lowest BCUT2D eigenvalue weighted by Crippen LogP contribution is -2.37. The van der Waals surface area contributed by atoms with Crippen LogP contribution < -0.4 is 15.2 Å². The molecule has 8 nitrogen and oxygen atoms in total. The van der Waals surface area contributed by atoms with Gasteiger partial charge in [-0.25, -0.2) is 0 Å². The highest BCUT2D eigenvalue weighted by atomic mass is 16.6. The monoisotopic (exact) mass is 325 g/mol. The molecule has 1 aromatic rings. The summed E-state index contributed by atoms with van der Waals surface area (Å²) in [6.07, 6.45) is 0.829. The number of methoxy groups -OCH3 is 1. The largest absolute Gasteiger partial charge is 0.489 e. The van der Waals surface area contributed by atoms with E-state index >= 15 is 0 Å². The third kappa shape index (κ3) is 4.54. The van der Waals surface area contributed by atoms with Crippen molar-refractivity contribution in [3.05, 3.63) is 27.8 Å². The van der Waals surface area contributed by atoms with Gasteiger partial charge in [0.25, 0.3) is 0 Å². The molecule has 1 aliphatic heterocycles. The standard InChI is InChI=1S/C15H23N3O5/c1-21-15-13(4-3-12(11-16)14(15)18(19)20)23-8-2-5-17-6-9-22-10-7-17/h3-4H,2,5-11,16H2,1H3. The van der Waals surface area contributed by atoms with E-state index in [1.165, 1.54) is 7.11 Å². The molecule has 1 aromatic carbocycles. The minimum Gasteiger partial charge on any atom is -0.489 e.